The third-order valence-electron chi connectivity index (χ3n) is 2.60. The van der Waals surface area contributed by atoms with Crippen molar-refractivity contribution >= 4 is 29.3 Å². The number of carbonyl (C=O) groups excluding carboxylic acids is 2. The van der Waals surface area contributed by atoms with Gasteiger partial charge in [0, 0.05) is 6.42 Å². The van der Waals surface area contributed by atoms with Crippen LogP contribution < -0.4 is 0 Å². The Bertz CT molecular complexity index is 524. The zero-order chi connectivity index (χ0) is 15.1. The molecule has 0 fully saturated rings. The highest BCUT2D eigenvalue weighted by atomic mass is 35.5. The number of benzene rings is 1. The van der Waals surface area contributed by atoms with Gasteiger partial charge < -0.3 is 9.84 Å². The van der Waals surface area contributed by atoms with Crippen LogP contribution in [0.15, 0.2) is 18.2 Å². The largest absolute Gasteiger partial charge is 0.481 e. The summed E-state index contributed by atoms with van der Waals surface area (Å²) in [6.45, 7) is 1.92. The van der Waals surface area contributed by atoms with Crippen LogP contribution in [0.3, 0.4) is 0 Å². The van der Waals surface area contributed by atoms with Gasteiger partial charge in [0.2, 0.25) is 0 Å². The summed E-state index contributed by atoms with van der Waals surface area (Å²) in [5.41, 5.74) is 1.25. The maximum Gasteiger partial charge on any atom is 0.338 e. The highest BCUT2D eigenvalue weighted by Crippen LogP contribution is 2.15. The van der Waals surface area contributed by atoms with Crippen molar-refractivity contribution in [3.63, 3.8) is 0 Å². The lowest BCUT2D eigenvalue weighted by Gasteiger charge is -2.09. The van der Waals surface area contributed by atoms with E-state index in [4.69, 9.17) is 21.4 Å². The molecule has 0 aromatic heterocycles. The van der Waals surface area contributed by atoms with Crippen LogP contribution in [0.4, 0.5) is 0 Å². The van der Waals surface area contributed by atoms with Crippen LogP contribution >= 0.6 is 11.6 Å². The molecular formula is C14H15ClO5. The van der Waals surface area contributed by atoms with E-state index >= 15 is 0 Å². The molecule has 0 spiro atoms. The first-order chi connectivity index (χ1) is 9.47. The van der Waals surface area contributed by atoms with Crippen molar-refractivity contribution in [2.45, 2.75) is 19.8 Å². The zero-order valence-electron chi connectivity index (χ0n) is 11.0. The Morgan fingerprint density at radius 2 is 1.90 bits per heavy atom. The molecule has 0 aliphatic rings. The number of esters is 1. The molecule has 1 aromatic rings. The molecule has 0 heterocycles. The lowest BCUT2D eigenvalue weighted by Crippen LogP contribution is -2.12. The van der Waals surface area contributed by atoms with Crippen molar-refractivity contribution in [2.75, 3.05) is 12.5 Å². The van der Waals surface area contributed by atoms with Crippen LogP contribution in [0.1, 0.15) is 28.4 Å². The maximum atomic E-state index is 11.6. The number of ether oxygens (including phenoxy) is 1. The summed E-state index contributed by atoms with van der Waals surface area (Å²) in [6.07, 6.45) is -0.215. The normalized spacial score (nSPS) is 10.1. The summed E-state index contributed by atoms with van der Waals surface area (Å²) in [5.74, 6) is -1.89. The summed E-state index contributed by atoms with van der Waals surface area (Å²) in [6, 6.07) is 4.53. The summed E-state index contributed by atoms with van der Waals surface area (Å²) in [4.78, 5) is 33.8. The van der Waals surface area contributed by atoms with Crippen LogP contribution in [-0.2, 0) is 27.2 Å². The van der Waals surface area contributed by atoms with Gasteiger partial charge in [-0.1, -0.05) is 6.07 Å². The van der Waals surface area contributed by atoms with Crippen molar-refractivity contribution in [3.8, 4) is 0 Å². The minimum atomic E-state index is -1.04. The second kappa shape index (κ2) is 7.65. The molecule has 1 aromatic carbocycles. The molecule has 1 N–H and O–H groups in total. The monoisotopic (exact) mass is 298 g/mol. The van der Waals surface area contributed by atoms with Crippen LogP contribution in [-0.4, -0.2) is 35.3 Å². The zero-order valence-corrected chi connectivity index (χ0v) is 11.8. The Balaban J connectivity index is 3.08. The Hall–Kier alpha value is -1.88. The first kappa shape index (κ1) is 16.2. The van der Waals surface area contributed by atoms with Crippen molar-refractivity contribution in [3.05, 3.63) is 34.9 Å². The number of rotatable bonds is 7. The summed E-state index contributed by atoms with van der Waals surface area (Å²) in [7, 11) is 0. The highest BCUT2D eigenvalue weighted by molar-refractivity contribution is 6.27. The van der Waals surface area contributed by atoms with Crippen molar-refractivity contribution in [1.29, 1.82) is 0 Å². The number of carbonyl (C=O) groups is 3. The van der Waals surface area contributed by atoms with Crippen molar-refractivity contribution in [2.24, 2.45) is 0 Å². The first-order valence-electron chi connectivity index (χ1n) is 6.06. The van der Waals surface area contributed by atoms with Gasteiger partial charge in [0.15, 0.2) is 5.78 Å². The molecule has 0 amide bonds. The van der Waals surface area contributed by atoms with Crippen molar-refractivity contribution in [1.82, 2.24) is 0 Å². The standard InChI is InChI=1S/C14H15ClO5/c1-2-20-14(19)10-4-3-9(6-12(16)8-15)11(5-10)7-13(17)18/h3-5H,2,6-8H2,1H3,(H,17,18). The number of hydrogen-bond donors (Lipinski definition) is 1. The molecule has 1 rings (SSSR count). The fraction of sp³-hybridized carbons (Fsp3) is 0.357. The van der Waals surface area contributed by atoms with E-state index in [-0.39, 0.29) is 36.7 Å². The van der Waals surface area contributed by atoms with Gasteiger partial charge in [-0.15, -0.1) is 11.6 Å². The fourth-order valence-corrected chi connectivity index (χ4v) is 1.82. The van der Waals surface area contributed by atoms with Gasteiger partial charge in [0.1, 0.15) is 0 Å². The molecule has 6 heteroatoms. The number of alkyl halides is 1. The molecule has 0 aliphatic heterocycles. The molecule has 5 nitrogen and oxygen atoms in total. The second-order valence-electron chi connectivity index (χ2n) is 4.12. The van der Waals surface area contributed by atoms with Crippen LogP contribution in [0.2, 0.25) is 0 Å². The van der Waals surface area contributed by atoms with Crippen LogP contribution in [0, 0.1) is 0 Å². The van der Waals surface area contributed by atoms with Gasteiger partial charge in [-0.05, 0) is 30.2 Å². The Labute approximate surface area is 121 Å². The molecule has 20 heavy (non-hydrogen) atoms. The number of carboxylic acid groups (broad SMARTS) is 1. The fourth-order valence-electron chi connectivity index (χ4n) is 1.73. The van der Waals surface area contributed by atoms with Gasteiger partial charge in [-0.2, -0.15) is 0 Å². The minimum Gasteiger partial charge on any atom is -0.481 e. The Kier molecular flexibility index (Phi) is 6.18. The van der Waals surface area contributed by atoms with Crippen molar-refractivity contribution < 1.29 is 24.2 Å². The lowest BCUT2D eigenvalue weighted by molar-refractivity contribution is -0.136. The quantitative estimate of drug-likeness (QED) is 0.613. The minimum absolute atomic E-state index is 0.0508. The summed E-state index contributed by atoms with van der Waals surface area (Å²) < 4.78 is 4.86. The van der Waals surface area contributed by atoms with E-state index in [1.807, 2.05) is 0 Å². The molecule has 0 aliphatic carbocycles. The smallest absolute Gasteiger partial charge is 0.338 e. The third-order valence-corrected chi connectivity index (χ3v) is 2.89. The van der Waals surface area contributed by atoms with E-state index in [1.165, 1.54) is 12.1 Å². The van der Waals surface area contributed by atoms with Crippen LogP contribution in [0.25, 0.3) is 0 Å². The molecule has 0 atom stereocenters. The number of Topliss-reactive ketones (excluding diaryl/α,β-unsaturated/α-hetero) is 1. The third kappa shape index (κ3) is 4.66. The molecule has 0 saturated heterocycles. The lowest BCUT2D eigenvalue weighted by atomic mass is 9.97. The van der Waals surface area contributed by atoms with Gasteiger partial charge in [-0.3, -0.25) is 9.59 Å². The van der Waals surface area contributed by atoms with E-state index in [0.29, 0.717) is 11.1 Å². The van der Waals surface area contributed by atoms with Gasteiger partial charge in [0.25, 0.3) is 0 Å². The maximum absolute atomic E-state index is 11.6. The van der Waals surface area contributed by atoms with E-state index in [0.717, 1.165) is 0 Å². The second-order valence-corrected chi connectivity index (χ2v) is 4.39. The Morgan fingerprint density at radius 1 is 1.20 bits per heavy atom. The molecule has 0 radical (unpaired) electrons. The van der Waals surface area contributed by atoms with E-state index < -0.39 is 11.9 Å². The molecule has 0 bridgehead atoms. The molecule has 108 valence electrons. The summed E-state index contributed by atoms with van der Waals surface area (Å²) >= 11 is 5.44. The average molecular weight is 299 g/mol. The van der Waals surface area contributed by atoms with Crippen LogP contribution in [0.5, 0.6) is 0 Å². The average Bonchev–Trinajstić information content (AvgIpc) is 2.40. The van der Waals surface area contributed by atoms with Gasteiger partial charge >= 0.3 is 11.9 Å². The van der Waals surface area contributed by atoms with E-state index in [9.17, 15) is 14.4 Å². The Morgan fingerprint density at radius 3 is 2.45 bits per heavy atom. The number of hydrogen-bond acceptors (Lipinski definition) is 4. The topological polar surface area (TPSA) is 80.7 Å². The molecule has 0 unspecified atom stereocenters. The van der Waals surface area contributed by atoms with E-state index in [1.54, 1.807) is 13.0 Å². The predicted octanol–water partition coefficient (Wildman–Crippen LogP) is 1.84. The number of aliphatic carboxylic acids is 1. The molecule has 0 saturated carbocycles. The number of halogens is 1. The predicted molar refractivity (Wildman–Crippen MR) is 73.2 cm³/mol. The first-order valence-corrected chi connectivity index (χ1v) is 6.59. The number of ketones is 1. The SMILES string of the molecule is CCOC(=O)c1ccc(CC(=O)CCl)c(CC(=O)O)c1. The number of carboxylic acids is 1. The van der Waals surface area contributed by atoms with E-state index in [2.05, 4.69) is 0 Å². The van der Waals surface area contributed by atoms with Gasteiger partial charge in [0.05, 0.1) is 24.5 Å². The molecular weight excluding hydrogens is 284 g/mol. The van der Waals surface area contributed by atoms with Gasteiger partial charge in [-0.25, -0.2) is 4.79 Å². The summed E-state index contributed by atoms with van der Waals surface area (Å²) in [5, 5.41) is 8.89. The highest BCUT2D eigenvalue weighted by Gasteiger charge is 2.14.